The number of alkyl carbamates (subject to hydrolysis) is 1. The standard InChI is InChI=1S/C38H58N4O7.C30H46N4O6.C25H38N4O4.C4H9F3O3SSi/c1-11-13-20-32(47-9)27(7)34(48-10)28(8)35(43)40-33(24(3)4)36(44)39-31(23-29-18-14-17-25(5)22-29)37(45)42-21-15-19-30(41-42)38(46)49-26(6)16-12-2;1-9-12-21(5)39-28(37)23-15-11-16-34(33-23)27(36)24(18-22-14-10-13-20(4)17-22)31-26(35)25(19(2)3)32-29(38)40-30(6,7)8;1-6-9-18(5)33-25(32)20-12-8-13-29(28-20)24(31)21(27-23(30)22(26)16(2)3)15-19-11-7-10-17(4)14-19;1-12(2,3)10-11(8,9)4(5,6)7/h11-14,17-18,20,22,24,26-28,30-34,41H,1-2,15-16,19,21,23H2,3-10H3,(H,39,44)(H,40,43);9-10,13-14,17,19,21,23-25,33H,1,11-12,15-16,18H2,2-8H3,(H,31,35)(H,32,38);6-7,10-11,14,16,18,20-22,28H,1,8-9,12-13,15,26H2,2-5H3,(H,27,30);1-3H3/b20-13-;;;/t26-,27+,28-,30+,31+,32+,33+,34-;21-,23+,24+,25+;18-,20+,21+,22+;/m111./s1. The SMILES string of the molecule is C=C/C=C\[C@H](OC)[C@H](C)[C@@H](OC)[C@@H](C)C(=O)N[C@H](C(=O)N[C@@H](Cc1cccc(C)c1)C(=O)N1CCC[C@@H](C(=O)O[C@H](C)CC=C)N1)C(C)C.C=CC[C@@H](C)OC(=O)[C@@H]1CCCN(C(=O)[C@H](Cc2cccc(C)c2)NC(=O)[C@@H](N)C(C)C)N1.C=CC[C@@H](C)OC(=O)[C@@H]1CCCN(C(=O)[C@H](Cc2cccc(C)c2)NC(=O)[C@@H](NC(=O)OC(C)(C)C)C(C)C)N1.C[Si](C)(C)OS(=O)(=O)C(F)(F)F. The number of nitrogens with two attached hydrogens (primary N) is 1. The fourth-order valence-corrected chi connectivity index (χ4v) is 17.6. The molecular weight excluding hydrogens is 1770 g/mol. The molecule has 6 rings (SSSR count). The molecule has 3 saturated heterocycles. The second-order valence-electron chi connectivity index (χ2n) is 37.2. The number of hydrogen-bond acceptors (Lipinski definition) is 24. The molecule has 0 aliphatic carbocycles. The van der Waals surface area contributed by atoms with Crippen molar-refractivity contribution in [3.63, 3.8) is 0 Å². The van der Waals surface area contributed by atoms with E-state index in [0.717, 1.165) is 33.4 Å². The summed E-state index contributed by atoms with van der Waals surface area (Å²) in [5.74, 6) is -5.54. The van der Waals surface area contributed by atoms with Crippen LogP contribution in [0.5, 0.6) is 0 Å². The fourth-order valence-electron chi connectivity index (χ4n) is 14.6. The molecule has 0 bridgehead atoms. The quantitative estimate of drug-likeness (QED) is 0.00635. The Morgan fingerprint density at radius 1 is 0.515 bits per heavy atom. The van der Waals surface area contributed by atoms with Crippen LogP contribution in [-0.4, -0.2) is 227 Å². The summed E-state index contributed by atoms with van der Waals surface area (Å²) in [4.78, 5) is 146. The lowest BCUT2D eigenvalue weighted by molar-refractivity contribution is -0.157. The molecule has 3 aromatic carbocycles. The third-order valence-corrected chi connectivity index (χ3v) is 25.0. The van der Waals surface area contributed by atoms with Crippen molar-refractivity contribution in [3.8, 4) is 0 Å². The van der Waals surface area contributed by atoms with Crippen molar-refractivity contribution < 1.29 is 107 Å². The van der Waals surface area contributed by atoms with E-state index in [2.05, 4.69) is 73.0 Å². The topological polar surface area (TPSA) is 418 Å². The maximum atomic E-state index is 14.1. The highest BCUT2D eigenvalue weighted by molar-refractivity contribution is 7.88. The molecule has 134 heavy (non-hydrogen) atoms. The number of esters is 3. The summed E-state index contributed by atoms with van der Waals surface area (Å²) >= 11 is 0. The number of alkyl halides is 3. The summed E-state index contributed by atoms with van der Waals surface area (Å²) in [5, 5.41) is 18.4. The number of aryl methyl sites for hydroxylation is 3. The predicted molar refractivity (Wildman–Crippen MR) is 511 cm³/mol. The third kappa shape index (κ3) is 41.7. The molecule has 0 radical (unpaired) electrons. The van der Waals surface area contributed by atoms with E-state index in [4.69, 9.17) is 34.2 Å². The average Bonchev–Trinajstić information content (AvgIpc) is 0.854. The predicted octanol–water partition coefficient (Wildman–Crippen LogP) is 11.5. The zero-order valence-corrected chi connectivity index (χ0v) is 84.2. The fraction of sp³-hybridized carbons (Fsp3) is 0.598. The van der Waals surface area contributed by atoms with Crippen LogP contribution in [0.1, 0.15) is 188 Å². The summed E-state index contributed by atoms with van der Waals surface area (Å²) in [6, 6.07) is 15.9. The van der Waals surface area contributed by atoms with Gasteiger partial charge in [-0.2, -0.15) is 21.6 Å². The van der Waals surface area contributed by atoms with E-state index in [-0.39, 0.29) is 90.5 Å². The molecule has 3 aliphatic rings. The Balaban J connectivity index is 0.000000493. The lowest BCUT2D eigenvalue weighted by Crippen LogP contribution is -2.62. The number of methoxy groups -OCH3 is 2. The van der Waals surface area contributed by atoms with Gasteiger partial charge in [0, 0.05) is 78.3 Å². The highest BCUT2D eigenvalue weighted by Gasteiger charge is 2.50. The van der Waals surface area contributed by atoms with Gasteiger partial charge in [0.25, 0.3) is 17.7 Å². The van der Waals surface area contributed by atoms with Crippen LogP contribution in [0.3, 0.4) is 0 Å². The maximum absolute atomic E-state index is 14.1. The monoisotopic (exact) mass is 1920 g/mol. The Morgan fingerprint density at radius 3 is 1.13 bits per heavy atom. The van der Waals surface area contributed by atoms with Crippen molar-refractivity contribution in [2.75, 3.05) is 33.9 Å². The third-order valence-electron chi connectivity index (χ3n) is 21.5. The molecule has 8 amide bonds. The number of ether oxygens (including phenoxy) is 6. The van der Waals surface area contributed by atoms with Crippen molar-refractivity contribution in [2.45, 2.75) is 310 Å². The van der Waals surface area contributed by atoms with Gasteiger partial charge in [-0.05, 0) is 155 Å². The number of nitrogens with one attached hydrogen (secondary N) is 8. The molecule has 3 aliphatic heterocycles. The number of carbonyl (C=O) groups is 11. The number of hydrazine groups is 3. The first kappa shape index (κ1) is 118. The van der Waals surface area contributed by atoms with Crippen LogP contribution in [0.4, 0.5) is 18.0 Å². The first-order valence-electron chi connectivity index (χ1n) is 45.7. The second kappa shape index (κ2) is 57.1. The van der Waals surface area contributed by atoms with Crippen molar-refractivity contribution in [1.82, 2.24) is 57.9 Å². The Kier molecular flexibility index (Phi) is 50.4. The molecule has 32 nitrogen and oxygen atoms in total. The van der Waals surface area contributed by atoms with Gasteiger partial charge in [0.1, 0.15) is 72.2 Å². The van der Waals surface area contributed by atoms with E-state index in [1.165, 1.54) is 34.7 Å². The van der Waals surface area contributed by atoms with Crippen molar-refractivity contribution in [2.24, 2.45) is 35.3 Å². The first-order valence-corrected chi connectivity index (χ1v) is 50.5. The zero-order valence-electron chi connectivity index (χ0n) is 82.4. The van der Waals surface area contributed by atoms with Crippen LogP contribution in [0, 0.1) is 50.4 Å². The summed E-state index contributed by atoms with van der Waals surface area (Å²) in [5.41, 5.74) is 14.8. The first-order chi connectivity index (χ1) is 62.5. The van der Waals surface area contributed by atoms with Gasteiger partial charge < -0.3 is 64.6 Å². The molecule has 16 atom stereocenters. The Hall–Kier alpha value is -9.99. The maximum Gasteiger partial charge on any atom is 0.522 e. The van der Waals surface area contributed by atoms with Crippen LogP contribution < -0.4 is 48.6 Å². The Labute approximate surface area is 792 Å². The van der Waals surface area contributed by atoms with Gasteiger partial charge in [-0.1, -0.05) is 188 Å². The van der Waals surface area contributed by atoms with Crippen molar-refractivity contribution >= 4 is 83.8 Å². The molecule has 3 fully saturated rings. The number of nitrogens with zero attached hydrogens (tertiary/aromatic N) is 3. The van der Waals surface area contributed by atoms with Gasteiger partial charge in [0.15, 0.2) is 0 Å². The number of hydrogen-bond donors (Lipinski definition) is 9. The number of amides is 8. The van der Waals surface area contributed by atoms with Gasteiger partial charge in [-0.15, -0.1) is 19.7 Å². The van der Waals surface area contributed by atoms with Gasteiger partial charge in [0.05, 0.1) is 24.2 Å². The lowest BCUT2D eigenvalue weighted by atomic mass is 9.87. The molecule has 0 saturated carbocycles. The van der Waals surface area contributed by atoms with Crippen molar-refractivity contribution in [3.05, 3.63) is 169 Å². The summed E-state index contributed by atoms with van der Waals surface area (Å²) in [6.45, 7) is 51.1. The molecule has 37 heteroatoms. The van der Waals surface area contributed by atoms with Crippen LogP contribution in [-0.2, 0) is 110 Å². The van der Waals surface area contributed by atoms with E-state index in [0.29, 0.717) is 83.8 Å². The summed E-state index contributed by atoms with van der Waals surface area (Å²) in [6.07, 6.45) is 13.6. The number of rotatable bonds is 42. The van der Waals surface area contributed by atoms with E-state index < -0.39 is 132 Å². The number of halogens is 3. The number of allylic oxidation sites excluding steroid dienone is 2. The molecule has 0 spiro atoms. The molecule has 0 aromatic heterocycles. The van der Waals surface area contributed by atoms with Crippen molar-refractivity contribution in [1.29, 1.82) is 0 Å². The average molecular weight is 1920 g/mol. The molecule has 3 heterocycles. The largest absolute Gasteiger partial charge is 0.522 e. The minimum absolute atomic E-state index is 0.0652. The normalized spacial score (nSPS) is 18.3. The van der Waals surface area contributed by atoms with Crippen LogP contribution in [0.15, 0.2) is 136 Å². The molecule has 10 N–H and O–H groups in total. The van der Waals surface area contributed by atoms with E-state index in [1.54, 1.807) is 107 Å². The summed E-state index contributed by atoms with van der Waals surface area (Å²) in [7, 11) is -4.97. The van der Waals surface area contributed by atoms with Gasteiger partial charge in [0.2, 0.25) is 31.9 Å². The van der Waals surface area contributed by atoms with E-state index in [9.17, 15) is 74.3 Å². The highest BCUT2D eigenvalue weighted by Crippen LogP contribution is 2.29. The van der Waals surface area contributed by atoms with E-state index >= 15 is 0 Å². The number of benzene rings is 3. The van der Waals surface area contributed by atoms with Gasteiger partial charge >= 0.3 is 39.6 Å². The van der Waals surface area contributed by atoms with Gasteiger partial charge in [-0.25, -0.2) is 21.1 Å². The van der Waals surface area contributed by atoms with Gasteiger partial charge in [-0.3, -0.25) is 63.0 Å². The van der Waals surface area contributed by atoms with Crippen LogP contribution in [0.25, 0.3) is 0 Å². The van der Waals surface area contributed by atoms with Crippen LogP contribution >= 0.6 is 0 Å². The number of carbonyl (C=O) groups excluding carboxylic acids is 11. The minimum atomic E-state index is -5.39. The zero-order chi connectivity index (χ0) is 101. The second-order valence-corrected chi connectivity index (χ2v) is 43.4. The highest BCUT2D eigenvalue weighted by atomic mass is 32.2. The minimum Gasteiger partial charge on any atom is -0.461 e. The van der Waals surface area contributed by atoms with Crippen LogP contribution in [0.2, 0.25) is 19.6 Å². The Morgan fingerprint density at radius 2 is 0.858 bits per heavy atom. The molecule has 3 aromatic rings. The molecule has 0 unspecified atom stereocenters. The Bertz CT molecular complexity index is 4510. The lowest BCUT2D eigenvalue weighted by Gasteiger charge is -2.36. The molecule has 750 valence electrons. The summed E-state index contributed by atoms with van der Waals surface area (Å²) < 4.78 is 92.9. The van der Waals surface area contributed by atoms with E-state index in [1.807, 2.05) is 134 Å². The molecular formula is C97H151F3N12O20SSi. The smallest absolute Gasteiger partial charge is 0.461 e.